The molecule has 0 saturated heterocycles. The van der Waals surface area contributed by atoms with Gasteiger partial charge in [0.2, 0.25) is 12.0 Å². The highest BCUT2D eigenvalue weighted by Crippen LogP contribution is 2.34. The van der Waals surface area contributed by atoms with Gasteiger partial charge in [0.15, 0.2) is 5.58 Å². The largest absolute Gasteiger partial charge is 0.436 e. The van der Waals surface area contributed by atoms with Gasteiger partial charge in [0.1, 0.15) is 11.3 Å². The molecule has 1 atom stereocenters. The number of aromatic nitrogens is 1. The standard InChI is InChI=1S/C18H16ClFN2O3/c1-10(2)21-18(23)25-16(15-11(19)6-5-7-12(15)20)17-22-13-8-3-4-9-14(13)24-17/h3-10,16H,1-2H3,(H,21,23). The van der Waals surface area contributed by atoms with Crippen LogP contribution in [0.5, 0.6) is 0 Å². The van der Waals surface area contributed by atoms with Crippen molar-refractivity contribution in [2.24, 2.45) is 0 Å². The Kier molecular flexibility index (Phi) is 4.90. The molecule has 3 rings (SSSR count). The molecule has 0 radical (unpaired) electrons. The number of alkyl carbamates (subject to hydrolysis) is 1. The first-order chi connectivity index (χ1) is 12.0. The van der Waals surface area contributed by atoms with E-state index in [1.54, 1.807) is 38.1 Å². The third-order valence-electron chi connectivity index (χ3n) is 3.43. The molecule has 1 N–H and O–H groups in total. The van der Waals surface area contributed by atoms with Crippen molar-refractivity contribution in [2.45, 2.75) is 26.0 Å². The lowest BCUT2D eigenvalue weighted by atomic mass is 10.1. The van der Waals surface area contributed by atoms with Crippen LogP contribution in [0.1, 0.15) is 31.4 Å². The summed E-state index contributed by atoms with van der Waals surface area (Å²) in [6.07, 6.45) is -1.93. The maximum Gasteiger partial charge on any atom is 0.408 e. The number of rotatable bonds is 4. The molecular formula is C18H16ClFN2O3. The number of benzene rings is 2. The van der Waals surface area contributed by atoms with Gasteiger partial charge in [-0.2, -0.15) is 0 Å². The van der Waals surface area contributed by atoms with Crippen LogP contribution in [0.2, 0.25) is 5.02 Å². The lowest BCUT2D eigenvalue weighted by Gasteiger charge is -2.18. The van der Waals surface area contributed by atoms with Crippen molar-refractivity contribution in [3.63, 3.8) is 0 Å². The second kappa shape index (κ2) is 7.11. The zero-order valence-corrected chi connectivity index (χ0v) is 14.4. The first-order valence-electron chi connectivity index (χ1n) is 7.72. The summed E-state index contributed by atoms with van der Waals surface area (Å²) in [5.74, 6) is -0.566. The van der Waals surface area contributed by atoms with E-state index < -0.39 is 18.0 Å². The molecule has 1 unspecified atom stereocenters. The van der Waals surface area contributed by atoms with Gasteiger partial charge in [-0.05, 0) is 38.1 Å². The van der Waals surface area contributed by atoms with Crippen LogP contribution < -0.4 is 5.32 Å². The summed E-state index contributed by atoms with van der Waals surface area (Å²) < 4.78 is 25.4. The van der Waals surface area contributed by atoms with Crippen molar-refractivity contribution in [3.05, 3.63) is 64.8 Å². The highest BCUT2D eigenvalue weighted by molar-refractivity contribution is 6.31. The molecule has 0 spiro atoms. The van der Waals surface area contributed by atoms with E-state index >= 15 is 0 Å². The molecule has 3 aromatic rings. The number of ether oxygens (including phenoxy) is 1. The van der Waals surface area contributed by atoms with Gasteiger partial charge in [0.05, 0.1) is 10.6 Å². The van der Waals surface area contributed by atoms with E-state index in [1.165, 1.54) is 18.2 Å². The van der Waals surface area contributed by atoms with Crippen LogP contribution in [0.15, 0.2) is 46.9 Å². The van der Waals surface area contributed by atoms with Gasteiger partial charge in [-0.15, -0.1) is 0 Å². The molecule has 0 saturated carbocycles. The third-order valence-corrected chi connectivity index (χ3v) is 3.76. The Balaban J connectivity index is 2.06. The van der Waals surface area contributed by atoms with Gasteiger partial charge in [-0.3, -0.25) is 0 Å². The number of hydrogen-bond acceptors (Lipinski definition) is 4. The monoisotopic (exact) mass is 362 g/mol. The number of nitrogens with one attached hydrogen (secondary N) is 1. The van der Waals surface area contributed by atoms with Crippen molar-refractivity contribution >= 4 is 28.8 Å². The number of hydrogen-bond donors (Lipinski definition) is 1. The molecule has 1 aromatic heterocycles. The fraction of sp³-hybridized carbons (Fsp3) is 0.222. The maximum atomic E-state index is 14.4. The van der Waals surface area contributed by atoms with Gasteiger partial charge in [-0.25, -0.2) is 14.2 Å². The minimum atomic E-state index is -1.21. The Morgan fingerprint density at radius 3 is 2.68 bits per heavy atom. The van der Waals surface area contributed by atoms with Gasteiger partial charge in [-0.1, -0.05) is 29.8 Å². The molecule has 130 valence electrons. The summed E-state index contributed by atoms with van der Waals surface area (Å²) in [6.45, 7) is 3.57. The van der Waals surface area contributed by atoms with Crippen LogP contribution >= 0.6 is 11.6 Å². The SMILES string of the molecule is CC(C)NC(=O)OC(c1nc2ccccc2o1)c1c(F)cccc1Cl. The van der Waals surface area contributed by atoms with Gasteiger partial charge < -0.3 is 14.5 Å². The summed E-state index contributed by atoms with van der Waals surface area (Å²) in [5.41, 5.74) is 1.07. The second-order valence-corrected chi connectivity index (χ2v) is 6.15. The predicted molar refractivity (Wildman–Crippen MR) is 92.0 cm³/mol. The van der Waals surface area contributed by atoms with Gasteiger partial charge >= 0.3 is 6.09 Å². The number of carbonyl (C=O) groups is 1. The fourth-order valence-corrected chi connectivity index (χ4v) is 2.64. The molecule has 0 aliphatic rings. The molecule has 2 aromatic carbocycles. The Morgan fingerprint density at radius 2 is 2.00 bits per heavy atom. The summed E-state index contributed by atoms with van der Waals surface area (Å²) in [5, 5.41) is 2.70. The quantitative estimate of drug-likeness (QED) is 0.721. The van der Waals surface area contributed by atoms with Crippen LogP contribution in [0.3, 0.4) is 0 Å². The number of para-hydroxylation sites is 2. The van der Waals surface area contributed by atoms with Crippen LogP contribution in [-0.4, -0.2) is 17.1 Å². The van der Waals surface area contributed by atoms with Crippen LogP contribution in [0.4, 0.5) is 9.18 Å². The maximum absolute atomic E-state index is 14.4. The molecule has 1 heterocycles. The minimum absolute atomic E-state index is 0.00497. The summed E-state index contributed by atoms with van der Waals surface area (Å²) in [6, 6.07) is 11.1. The Labute approximate surface area is 148 Å². The third kappa shape index (κ3) is 3.74. The molecule has 0 aliphatic heterocycles. The van der Waals surface area contributed by atoms with Crippen LogP contribution in [0.25, 0.3) is 11.1 Å². The van der Waals surface area contributed by atoms with Crippen molar-refractivity contribution < 1.29 is 18.3 Å². The lowest BCUT2D eigenvalue weighted by molar-refractivity contribution is 0.0996. The van der Waals surface area contributed by atoms with Crippen molar-refractivity contribution in [3.8, 4) is 0 Å². The first kappa shape index (κ1) is 17.2. The van der Waals surface area contributed by atoms with E-state index in [4.69, 9.17) is 20.8 Å². The van der Waals surface area contributed by atoms with E-state index in [0.717, 1.165) is 0 Å². The molecule has 1 amide bonds. The van der Waals surface area contributed by atoms with E-state index in [1.807, 2.05) is 0 Å². The van der Waals surface area contributed by atoms with Crippen LogP contribution in [0, 0.1) is 5.82 Å². The Bertz CT molecular complexity index is 857. The van der Waals surface area contributed by atoms with Gasteiger partial charge in [0.25, 0.3) is 0 Å². The van der Waals surface area contributed by atoms with Crippen molar-refractivity contribution in [1.29, 1.82) is 0 Å². The molecule has 0 fully saturated rings. The number of amides is 1. The Morgan fingerprint density at radius 1 is 1.24 bits per heavy atom. The van der Waals surface area contributed by atoms with Crippen molar-refractivity contribution in [2.75, 3.05) is 0 Å². The average molecular weight is 363 g/mol. The fourth-order valence-electron chi connectivity index (χ4n) is 2.37. The van der Waals surface area contributed by atoms with Crippen LogP contribution in [-0.2, 0) is 4.74 Å². The van der Waals surface area contributed by atoms with Gasteiger partial charge in [0, 0.05) is 6.04 Å². The number of nitrogens with zero attached hydrogens (tertiary/aromatic N) is 1. The number of fused-ring (bicyclic) bond motifs is 1. The Hall–Kier alpha value is -2.60. The number of oxazole rings is 1. The first-order valence-corrected chi connectivity index (χ1v) is 8.10. The van der Waals surface area contributed by atoms with E-state index in [2.05, 4.69) is 10.3 Å². The summed E-state index contributed by atoms with van der Waals surface area (Å²) >= 11 is 6.14. The molecule has 0 aliphatic carbocycles. The highest BCUT2D eigenvalue weighted by atomic mass is 35.5. The number of halogens is 2. The summed E-state index contributed by atoms with van der Waals surface area (Å²) in [7, 11) is 0. The molecule has 0 bridgehead atoms. The smallest absolute Gasteiger partial charge is 0.408 e. The topological polar surface area (TPSA) is 64.4 Å². The minimum Gasteiger partial charge on any atom is -0.436 e. The highest BCUT2D eigenvalue weighted by Gasteiger charge is 2.29. The predicted octanol–water partition coefficient (Wildman–Crippen LogP) is 4.84. The zero-order valence-electron chi connectivity index (χ0n) is 13.6. The lowest BCUT2D eigenvalue weighted by Crippen LogP contribution is -2.32. The summed E-state index contributed by atoms with van der Waals surface area (Å²) in [4.78, 5) is 16.4. The average Bonchev–Trinajstić information content (AvgIpc) is 2.96. The number of carbonyl (C=O) groups excluding carboxylic acids is 1. The van der Waals surface area contributed by atoms with Crippen molar-refractivity contribution in [1.82, 2.24) is 10.3 Å². The normalized spacial score (nSPS) is 12.4. The zero-order chi connectivity index (χ0) is 18.0. The molecule has 5 nitrogen and oxygen atoms in total. The second-order valence-electron chi connectivity index (χ2n) is 5.74. The molecule has 7 heteroatoms. The molecule has 25 heavy (non-hydrogen) atoms. The van der Waals surface area contributed by atoms with E-state index in [-0.39, 0.29) is 22.5 Å². The van der Waals surface area contributed by atoms with E-state index in [0.29, 0.717) is 11.1 Å². The molecular weight excluding hydrogens is 347 g/mol. The van der Waals surface area contributed by atoms with E-state index in [9.17, 15) is 9.18 Å².